The van der Waals surface area contributed by atoms with Gasteiger partial charge in [-0.25, -0.2) is 0 Å². The molecule has 0 spiro atoms. The van der Waals surface area contributed by atoms with E-state index in [9.17, 15) is 4.79 Å². The van der Waals surface area contributed by atoms with Gasteiger partial charge in [0, 0.05) is 30.7 Å². The Morgan fingerprint density at radius 2 is 1.76 bits per heavy atom. The van der Waals surface area contributed by atoms with Crippen LogP contribution in [0.5, 0.6) is 5.75 Å². The van der Waals surface area contributed by atoms with Crippen LogP contribution in [-0.2, 0) is 0 Å². The molecule has 0 fully saturated rings. The van der Waals surface area contributed by atoms with E-state index in [1.165, 1.54) is 5.56 Å². The third kappa shape index (κ3) is 4.29. The second-order valence-electron chi connectivity index (χ2n) is 6.03. The largest absolute Gasteiger partial charge is 0.492 e. The first-order valence-electron chi connectivity index (χ1n) is 8.32. The number of ether oxygens (including phenoxy) is 1. The molecule has 0 aliphatic rings. The normalized spacial score (nSPS) is 10.5. The minimum Gasteiger partial charge on any atom is -0.492 e. The van der Waals surface area contributed by atoms with E-state index in [2.05, 4.69) is 0 Å². The Balaban J connectivity index is 1.58. The highest BCUT2D eigenvalue weighted by atomic mass is 16.5. The van der Waals surface area contributed by atoms with Crippen LogP contribution in [0.3, 0.4) is 0 Å². The summed E-state index contributed by atoms with van der Waals surface area (Å²) in [5.74, 6) is 0.808. The molecule has 4 heteroatoms. The van der Waals surface area contributed by atoms with Gasteiger partial charge in [-0.15, -0.1) is 0 Å². The molecular formula is C21H22N2O2. The van der Waals surface area contributed by atoms with Crippen LogP contribution in [0.2, 0.25) is 0 Å². The van der Waals surface area contributed by atoms with E-state index in [1.807, 2.05) is 84.5 Å². The zero-order valence-corrected chi connectivity index (χ0v) is 14.6. The van der Waals surface area contributed by atoms with Crippen LogP contribution in [0, 0.1) is 6.92 Å². The van der Waals surface area contributed by atoms with Gasteiger partial charge in [-0.3, -0.25) is 4.79 Å². The van der Waals surface area contributed by atoms with E-state index in [-0.39, 0.29) is 5.91 Å². The fourth-order valence-electron chi connectivity index (χ4n) is 2.56. The average Bonchev–Trinajstić information content (AvgIpc) is 3.17. The molecule has 0 atom stereocenters. The van der Waals surface area contributed by atoms with Crippen molar-refractivity contribution < 1.29 is 9.53 Å². The summed E-state index contributed by atoms with van der Waals surface area (Å²) in [4.78, 5) is 14.3. The number of aryl methyl sites for hydroxylation is 1. The van der Waals surface area contributed by atoms with Gasteiger partial charge in [-0.1, -0.05) is 23.8 Å². The van der Waals surface area contributed by atoms with E-state index in [1.54, 1.807) is 11.9 Å². The van der Waals surface area contributed by atoms with Crippen LogP contribution in [0.15, 0.2) is 73.1 Å². The van der Waals surface area contributed by atoms with Crippen LogP contribution >= 0.6 is 0 Å². The van der Waals surface area contributed by atoms with E-state index in [4.69, 9.17) is 4.74 Å². The van der Waals surface area contributed by atoms with E-state index >= 15 is 0 Å². The van der Waals surface area contributed by atoms with Crippen molar-refractivity contribution in [3.63, 3.8) is 0 Å². The number of benzene rings is 2. The van der Waals surface area contributed by atoms with Gasteiger partial charge in [0.25, 0.3) is 5.91 Å². The smallest absolute Gasteiger partial charge is 0.253 e. The van der Waals surface area contributed by atoms with Crippen LogP contribution < -0.4 is 4.74 Å². The van der Waals surface area contributed by atoms with Crippen LogP contribution in [0.25, 0.3) is 5.69 Å². The molecule has 1 heterocycles. The first-order chi connectivity index (χ1) is 12.1. The Hall–Kier alpha value is -3.01. The summed E-state index contributed by atoms with van der Waals surface area (Å²) >= 11 is 0. The third-order valence-corrected chi connectivity index (χ3v) is 4.06. The summed E-state index contributed by atoms with van der Waals surface area (Å²) in [5, 5.41) is 0. The maximum Gasteiger partial charge on any atom is 0.253 e. The lowest BCUT2D eigenvalue weighted by Gasteiger charge is -2.18. The van der Waals surface area contributed by atoms with Crippen molar-refractivity contribution in [2.45, 2.75) is 6.92 Å². The van der Waals surface area contributed by atoms with Crippen molar-refractivity contribution in [1.82, 2.24) is 9.47 Å². The Kier molecular flexibility index (Phi) is 5.19. The van der Waals surface area contributed by atoms with Gasteiger partial charge in [0.1, 0.15) is 12.4 Å². The predicted molar refractivity (Wildman–Crippen MR) is 99.4 cm³/mol. The molecule has 4 nitrogen and oxygen atoms in total. The standard InChI is InChI=1S/C21H22N2O2/c1-17-8-10-20(11-9-17)25-15-14-22(2)21(24)18-6-5-7-19(16-18)23-12-3-4-13-23/h3-13,16H,14-15H2,1-2H3. The fraction of sp³-hybridized carbons (Fsp3) is 0.190. The van der Waals surface area contributed by atoms with Gasteiger partial charge in [-0.05, 0) is 49.4 Å². The average molecular weight is 334 g/mol. The Morgan fingerprint density at radius 1 is 1.04 bits per heavy atom. The van der Waals surface area contributed by atoms with Crippen molar-refractivity contribution in [2.24, 2.45) is 0 Å². The summed E-state index contributed by atoms with van der Waals surface area (Å²) in [6, 6.07) is 19.5. The highest BCUT2D eigenvalue weighted by Gasteiger charge is 2.12. The maximum atomic E-state index is 12.6. The first-order valence-corrected chi connectivity index (χ1v) is 8.32. The Bertz CT molecular complexity index is 823. The lowest BCUT2D eigenvalue weighted by molar-refractivity contribution is 0.0774. The number of hydrogen-bond acceptors (Lipinski definition) is 2. The van der Waals surface area contributed by atoms with Crippen molar-refractivity contribution in [2.75, 3.05) is 20.2 Å². The van der Waals surface area contributed by atoms with Crippen molar-refractivity contribution in [3.05, 3.63) is 84.2 Å². The van der Waals surface area contributed by atoms with E-state index < -0.39 is 0 Å². The van der Waals surface area contributed by atoms with Gasteiger partial charge in [0.2, 0.25) is 0 Å². The molecular weight excluding hydrogens is 312 g/mol. The molecule has 0 saturated heterocycles. The highest BCUT2D eigenvalue weighted by Crippen LogP contribution is 2.13. The van der Waals surface area contributed by atoms with Crippen LogP contribution in [0.1, 0.15) is 15.9 Å². The van der Waals surface area contributed by atoms with E-state index in [0.29, 0.717) is 18.7 Å². The van der Waals surface area contributed by atoms with Gasteiger partial charge in [-0.2, -0.15) is 0 Å². The minimum atomic E-state index is -0.0125. The third-order valence-electron chi connectivity index (χ3n) is 4.06. The van der Waals surface area contributed by atoms with Gasteiger partial charge >= 0.3 is 0 Å². The lowest BCUT2D eigenvalue weighted by atomic mass is 10.1. The molecule has 0 aliphatic carbocycles. The number of aromatic nitrogens is 1. The molecule has 128 valence electrons. The van der Waals surface area contributed by atoms with Crippen molar-refractivity contribution >= 4 is 5.91 Å². The molecule has 25 heavy (non-hydrogen) atoms. The molecule has 0 radical (unpaired) electrons. The Labute approximate surface area is 148 Å². The molecule has 3 aromatic rings. The minimum absolute atomic E-state index is 0.0125. The second kappa shape index (κ2) is 7.71. The number of hydrogen-bond donors (Lipinski definition) is 0. The number of carbonyl (C=O) groups is 1. The SMILES string of the molecule is Cc1ccc(OCCN(C)C(=O)c2cccc(-n3cccc3)c2)cc1. The number of amides is 1. The number of likely N-dealkylation sites (N-methyl/N-ethyl adjacent to an activating group) is 1. The number of rotatable bonds is 6. The number of carbonyl (C=O) groups excluding carboxylic acids is 1. The fourth-order valence-corrected chi connectivity index (χ4v) is 2.56. The van der Waals surface area contributed by atoms with E-state index in [0.717, 1.165) is 11.4 Å². The summed E-state index contributed by atoms with van der Waals surface area (Å²) in [6.45, 7) is 3.03. The highest BCUT2D eigenvalue weighted by molar-refractivity contribution is 5.94. The molecule has 0 aliphatic heterocycles. The lowest BCUT2D eigenvalue weighted by Crippen LogP contribution is -2.30. The Morgan fingerprint density at radius 3 is 2.48 bits per heavy atom. The molecule has 0 bridgehead atoms. The van der Waals surface area contributed by atoms with Crippen LogP contribution in [-0.4, -0.2) is 35.6 Å². The monoisotopic (exact) mass is 334 g/mol. The zero-order chi connectivity index (χ0) is 17.6. The summed E-state index contributed by atoms with van der Waals surface area (Å²) in [7, 11) is 1.79. The van der Waals surface area contributed by atoms with Gasteiger partial charge in [0.15, 0.2) is 0 Å². The first kappa shape index (κ1) is 16.8. The van der Waals surface area contributed by atoms with Gasteiger partial charge < -0.3 is 14.2 Å². The molecule has 0 saturated carbocycles. The van der Waals surface area contributed by atoms with Gasteiger partial charge in [0.05, 0.1) is 6.54 Å². The van der Waals surface area contributed by atoms with Crippen molar-refractivity contribution in [1.29, 1.82) is 0 Å². The molecule has 1 amide bonds. The summed E-state index contributed by atoms with van der Waals surface area (Å²) < 4.78 is 7.69. The zero-order valence-electron chi connectivity index (χ0n) is 14.6. The number of nitrogens with zero attached hydrogens (tertiary/aromatic N) is 2. The second-order valence-corrected chi connectivity index (χ2v) is 6.03. The molecule has 3 rings (SSSR count). The molecule has 1 aromatic heterocycles. The molecule has 0 unspecified atom stereocenters. The van der Waals surface area contributed by atoms with Crippen molar-refractivity contribution in [3.8, 4) is 11.4 Å². The summed E-state index contributed by atoms with van der Waals surface area (Å²) in [6.07, 6.45) is 3.92. The predicted octanol–water partition coefficient (Wildman–Crippen LogP) is 3.94. The quantitative estimate of drug-likeness (QED) is 0.684. The summed E-state index contributed by atoms with van der Waals surface area (Å²) in [5.41, 5.74) is 2.84. The molecule has 2 aromatic carbocycles. The maximum absolute atomic E-state index is 12.6. The van der Waals surface area contributed by atoms with Crippen LogP contribution in [0.4, 0.5) is 0 Å². The molecule has 0 N–H and O–H groups in total. The topological polar surface area (TPSA) is 34.5 Å².